The van der Waals surface area contributed by atoms with Crippen LogP contribution in [-0.2, 0) is 11.2 Å². The molecule has 4 heteroatoms. The molecular formula is C18H16O4. The highest BCUT2D eigenvalue weighted by Gasteiger charge is 2.16. The van der Waals surface area contributed by atoms with Crippen LogP contribution in [0, 0.1) is 0 Å². The maximum Gasteiger partial charge on any atom is 0.196 e. The van der Waals surface area contributed by atoms with Crippen LogP contribution in [0.2, 0.25) is 0 Å². The van der Waals surface area contributed by atoms with Gasteiger partial charge >= 0.3 is 0 Å². The minimum Gasteiger partial charge on any atom is -0.507 e. The second-order valence-electron chi connectivity index (χ2n) is 4.87. The number of carbonyl (C=O) groups is 2. The zero-order valence-corrected chi connectivity index (χ0v) is 11.9. The lowest BCUT2D eigenvalue weighted by molar-refractivity contribution is -0.122. The minimum absolute atomic E-state index is 0.0538. The lowest BCUT2D eigenvalue weighted by Gasteiger charge is -2.09. The van der Waals surface area contributed by atoms with Gasteiger partial charge in [-0.15, -0.1) is 0 Å². The van der Waals surface area contributed by atoms with Gasteiger partial charge in [-0.1, -0.05) is 43.0 Å². The Kier molecular flexibility index (Phi) is 4.86. The summed E-state index contributed by atoms with van der Waals surface area (Å²) in [6.45, 7) is 3.31. The van der Waals surface area contributed by atoms with Gasteiger partial charge in [0.1, 0.15) is 11.9 Å². The molecule has 0 fully saturated rings. The number of phenolic OH excluding ortho intramolecular Hbond substituents is 1. The molecule has 0 spiro atoms. The molecule has 0 aliphatic rings. The Balaban J connectivity index is 2.22. The van der Waals surface area contributed by atoms with Gasteiger partial charge in [-0.2, -0.15) is 0 Å². The van der Waals surface area contributed by atoms with Crippen LogP contribution >= 0.6 is 0 Å². The van der Waals surface area contributed by atoms with Crippen LogP contribution in [-0.4, -0.2) is 27.9 Å². The van der Waals surface area contributed by atoms with Gasteiger partial charge in [0.2, 0.25) is 0 Å². The van der Waals surface area contributed by atoms with Gasteiger partial charge in [-0.25, -0.2) is 0 Å². The lowest BCUT2D eigenvalue weighted by Crippen LogP contribution is -2.20. The van der Waals surface area contributed by atoms with E-state index in [9.17, 15) is 19.8 Å². The molecule has 112 valence electrons. The molecule has 2 aromatic rings. The average Bonchev–Trinajstić information content (AvgIpc) is 2.54. The van der Waals surface area contributed by atoms with Crippen LogP contribution in [0.15, 0.2) is 61.2 Å². The molecule has 0 aliphatic carbocycles. The molecule has 0 bridgehead atoms. The molecule has 0 saturated carbocycles. The average molecular weight is 296 g/mol. The Morgan fingerprint density at radius 3 is 2.41 bits per heavy atom. The number of hydrogen-bond donors (Lipinski definition) is 2. The zero-order valence-electron chi connectivity index (χ0n) is 11.9. The van der Waals surface area contributed by atoms with E-state index in [1.165, 1.54) is 12.1 Å². The molecule has 4 nitrogen and oxygen atoms in total. The maximum atomic E-state index is 12.3. The number of ketones is 2. The Morgan fingerprint density at radius 1 is 1.14 bits per heavy atom. The molecule has 2 rings (SSSR count). The van der Waals surface area contributed by atoms with Gasteiger partial charge < -0.3 is 10.2 Å². The summed E-state index contributed by atoms with van der Waals surface area (Å²) in [6.07, 6.45) is -0.0941. The third-order valence-corrected chi connectivity index (χ3v) is 3.30. The van der Waals surface area contributed by atoms with Crippen LogP contribution in [0.1, 0.15) is 21.5 Å². The highest BCUT2D eigenvalue weighted by atomic mass is 16.3. The fourth-order valence-corrected chi connectivity index (χ4v) is 2.10. The van der Waals surface area contributed by atoms with E-state index in [1.807, 2.05) is 0 Å². The van der Waals surface area contributed by atoms with Crippen molar-refractivity contribution in [1.29, 1.82) is 0 Å². The number of aromatic hydroxyl groups is 1. The van der Waals surface area contributed by atoms with Crippen molar-refractivity contribution >= 4 is 11.6 Å². The Morgan fingerprint density at radius 2 is 1.82 bits per heavy atom. The molecule has 2 aromatic carbocycles. The summed E-state index contributed by atoms with van der Waals surface area (Å²) in [5.41, 5.74) is 1.22. The SMILES string of the molecule is C=CC(=O)C(O)Cc1ccc(C(=O)c2ccccc2)c(O)c1. The summed E-state index contributed by atoms with van der Waals surface area (Å²) < 4.78 is 0. The first-order chi connectivity index (χ1) is 10.5. The standard InChI is InChI=1S/C18H16O4/c1-2-15(19)17(21)11-12-8-9-14(16(20)10-12)18(22)13-6-4-3-5-7-13/h2-10,17,20-21H,1,11H2. The molecular weight excluding hydrogens is 280 g/mol. The number of benzene rings is 2. The summed E-state index contributed by atoms with van der Waals surface area (Å²) in [7, 11) is 0. The number of carbonyl (C=O) groups excluding carboxylic acids is 2. The summed E-state index contributed by atoms with van der Waals surface area (Å²) in [4.78, 5) is 23.6. The highest BCUT2D eigenvalue weighted by Crippen LogP contribution is 2.23. The molecule has 1 atom stereocenters. The van der Waals surface area contributed by atoms with Gasteiger partial charge in [0.25, 0.3) is 0 Å². The van der Waals surface area contributed by atoms with Crippen molar-refractivity contribution in [2.75, 3.05) is 0 Å². The Bertz CT molecular complexity index is 704. The first kappa shape index (κ1) is 15.7. The number of rotatable bonds is 6. The molecule has 0 saturated heterocycles. The fraction of sp³-hybridized carbons (Fsp3) is 0.111. The molecule has 0 amide bonds. The van der Waals surface area contributed by atoms with Gasteiger partial charge in [-0.3, -0.25) is 9.59 Å². The zero-order chi connectivity index (χ0) is 16.1. The predicted octanol–water partition coefficient (Wildman–Crippen LogP) is 2.28. The van der Waals surface area contributed by atoms with Gasteiger partial charge in [0.05, 0.1) is 5.56 Å². The first-order valence-corrected chi connectivity index (χ1v) is 6.79. The molecule has 0 radical (unpaired) electrons. The molecule has 0 aliphatic heterocycles. The number of aliphatic hydroxyl groups excluding tert-OH is 1. The van der Waals surface area contributed by atoms with E-state index in [-0.39, 0.29) is 23.5 Å². The quantitative estimate of drug-likeness (QED) is 0.633. The third kappa shape index (κ3) is 3.48. The number of aliphatic hydroxyl groups is 1. The van der Waals surface area contributed by atoms with Crippen molar-refractivity contribution in [3.05, 3.63) is 77.9 Å². The molecule has 0 heterocycles. The van der Waals surface area contributed by atoms with E-state index in [1.54, 1.807) is 36.4 Å². The normalized spacial score (nSPS) is 11.7. The topological polar surface area (TPSA) is 74.6 Å². The minimum atomic E-state index is -1.20. The van der Waals surface area contributed by atoms with E-state index in [2.05, 4.69) is 6.58 Å². The van der Waals surface area contributed by atoms with Crippen molar-refractivity contribution in [3.8, 4) is 5.75 Å². The molecule has 1 unspecified atom stereocenters. The van der Waals surface area contributed by atoms with Crippen molar-refractivity contribution in [2.45, 2.75) is 12.5 Å². The van der Waals surface area contributed by atoms with Gasteiger partial charge in [0.15, 0.2) is 11.6 Å². The van der Waals surface area contributed by atoms with Crippen LogP contribution in [0.25, 0.3) is 0 Å². The Labute approximate surface area is 128 Å². The smallest absolute Gasteiger partial charge is 0.196 e. The highest BCUT2D eigenvalue weighted by molar-refractivity contribution is 6.10. The van der Waals surface area contributed by atoms with Gasteiger partial charge in [-0.05, 0) is 23.8 Å². The monoisotopic (exact) mass is 296 g/mol. The van der Waals surface area contributed by atoms with Gasteiger partial charge in [0, 0.05) is 12.0 Å². The van der Waals surface area contributed by atoms with Crippen molar-refractivity contribution < 1.29 is 19.8 Å². The van der Waals surface area contributed by atoms with E-state index in [0.717, 1.165) is 6.08 Å². The van der Waals surface area contributed by atoms with Crippen LogP contribution in [0.5, 0.6) is 5.75 Å². The van der Waals surface area contributed by atoms with Crippen LogP contribution < -0.4 is 0 Å². The largest absolute Gasteiger partial charge is 0.507 e. The van der Waals surface area contributed by atoms with Crippen LogP contribution in [0.4, 0.5) is 0 Å². The fourth-order valence-electron chi connectivity index (χ4n) is 2.10. The van der Waals surface area contributed by atoms with Crippen molar-refractivity contribution in [2.24, 2.45) is 0 Å². The lowest BCUT2D eigenvalue weighted by atomic mass is 9.98. The predicted molar refractivity (Wildman–Crippen MR) is 82.9 cm³/mol. The summed E-state index contributed by atoms with van der Waals surface area (Å²) >= 11 is 0. The third-order valence-electron chi connectivity index (χ3n) is 3.30. The summed E-state index contributed by atoms with van der Waals surface area (Å²) in [5, 5.41) is 19.7. The Hall–Kier alpha value is -2.72. The maximum absolute atomic E-state index is 12.3. The number of phenols is 1. The molecule has 2 N–H and O–H groups in total. The van der Waals surface area contributed by atoms with Crippen molar-refractivity contribution in [3.63, 3.8) is 0 Å². The van der Waals surface area contributed by atoms with E-state index >= 15 is 0 Å². The summed E-state index contributed by atoms with van der Waals surface area (Å²) in [6, 6.07) is 13.1. The van der Waals surface area contributed by atoms with Crippen LogP contribution in [0.3, 0.4) is 0 Å². The van der Waals surface area contributed by atoms with E-state index in [4.69, 9.17) is 0 Å². The first-order valence-electron chi connectivity index (χ1n) is 6.79. The number of hydrogen-bond acceptors (Lipinski definition) is 4. The molecule has 22 heavy (non-hydrogen) atoms. The van der Waals surface area contributed by atoms with E-state index in [0.29, 0.717) is 11.1 Å². The van der Waals surface area contributed by atoms with Crippen molar-refractivity contribution in [1.82, 2.24) is 0 Å². The second-order valence-corrected chi connectivity index (χ2v) is 4.87. The summed E-state index contributed by atoms with van der Waals surface area (Å²) in [5.74, 6) is -0.944. The van der Waals surface area contributed by atoms with E-state index < -0.39 is 11.9 Å². The second kappa shape index (κ2) is 6.83. The molecule has 0 aromatic heterocycles.